The average Bonchev–Trinajstić information content (AvgIpc) is 0.833. The number of methoxy groups -OCH3 is 3. The van der Waals surface area contributed by atoms with Gasteiger partial charge in [0.05, 0.1) is 26.9 Å². The monoisotopic (exact) mass is 1710 g/mol. The van der Waals surface area contributed by atoms with Crippen molar-refractivity contribution < 1.29 is 40.6 Å². The Labute approximate surface area is 715 Å². The van der Waals surface area contributed by atoms with Gasteiger partial charge in [0.2, 0.25) is 0 Å². The zero-order valence-electron chi connectivity index (χ0n) is 66.3. The first-order valence-electron chi connectivity index (χ1n) is 36.3. The molecule has 8 aromatic carbocycles. The fourth-order valence-electron chi connectivity index (χ4n) is 10.1. The van der Waals surface area contributed by atoms with E-state index in [-0.39, 0.29) is 90.2 Å². The van der Waals surface area contributed by atoms with Gasteiger partial charge in [-0.1, -0.05) is 315 Å². The van der Waals surface area contributed by atoms with E-state index in [0.717, 1.165) is 124 Å². The van der Waals surface area contributed by atoms with Gasteiger partial charge in [-0.2, -0.15) is 13.2 Å². The van der Waals surface area contributed by atoms with E-state index in [9.17, 15) is 26.3 Å². The number of alkyl halides is 3. The van der Waals surface area contributed by atoms with Gasteiger partial charge in [-0.3, -0.25) is 0 Å². The lowest BCUT2D eigenvalue weighted by Crippen LogP contribution is -2.10. The van der Waals surface area contributed by atoms with E-state index < -0.39 is 11.7 Å². The number of benzene rings is 8. The summed E-state index contributed by atoms with van der Waals surface area (Å²) in [5.74, 6) is 13.3. The number of para-hydroxylation sites is 1. The molecule has 0 aliphatic carbocycles. The van der Waals surface area contributed by atoms with Crippen molar-refractivity contribution in [2.45, 2.75) is 262 Å². The summed E-state index contributed by atoms with van der Waals surface area (Å²) in [6.45, 7) is 40.4. The lowest BCUT2D eigenvalue weighted by molar-refractivity contribution is -0.138. The molecule has 0 amide bonds. The van der Waals surface area contributed by atoms with Crippen LogP contribution in [0.2, 0.25) is 15.1 Å². The minimum absolute atomic E-state index is 0. The average molecular weight is 1710 g/mol. The van der Waals surface area contributed by atoms with Crippen molar-refractivity contribution in [1.29, 1.82) is 0 Å². The Morgan fingerprint density at radius 1 is 0.336 bits per heavy atom. The molecule has 0 saturated heterocycles. The Bertz CT molecular complexity index is 3550. The van der Waals surface area contributed by atoms with Gasteiger partial charge < -0.3 is 14.2 Å². The van der Waals surface area contributed by atoms with Crippen LogP contribution < -0.4 is 14.2 Å². The van der Waals surface area contributed by atoms with Crippen LogP contribution >= 0.6 is 50.7 Å². The molecule has 3 nitrogen and oxygen atoms in total. The summed E-state index contributed by atoms with van der Waals surface area (Å²) in [6.07, 6.45) is 4.35. The van der Waals surface area contributed by atoms with E-state index in [4.69, 9.17) is 49.0 Å². The Morgan fingerprint density at radius 2 is 0.699 bits per heavy atom. The van der Waals surface area contributed by atoms with Crippen LogP contribution in [0.1, 0.15) is 255 Å². The molecule has 0 heterocycles. The summed E-state index contributed by atoms with van der Waals surface area (Å²) in [5.41, 5.74) is 8.13. The number of halogens is 10. The maximum atomic E-state index is 12.9. The lowest BCUT2D eigenvalue weighted by Gasteiger charge is -2.13. The van der Waals surface area contributed by atoms with Gasteiger partial charge in [-0.05, 0) is 259 Å². The number of ether oxygens (including phenoxy) is 3. The highest BCUT2D eigenvalue weighted by Crippen LogP contribution is 2.33. The molecule has 0 unspecified atom stereocenters. The molecule has 0 radical (unpaired) electrons. The Hall–Kier alpha value is -6.35. The normalized spacial score (nSPS) is 9.74. The quantitative estimate of drug-likeness (QED) is 0.0562. The molecule has 0 aliphatic rings. The largest absolute Gasteiger partial charge is 0.497 e. The van der Waals surface area contributed by atoms with E-state index in [1.807, 2.05) is 75.4 Å². The summed E-state index contributed by atoms with van der Waals surface area (Å²) < 4.78 is 92.3. The van der Waals surface area contributed by atoms with Gasteiger partial charge in [-0.15, -0.1) is 11.8 Å². The molecular weight excluding hydrogens is 1550 g/mol. The lowest BCUT2D eigenvalue weighted by atomic mass is 9.98. The second-order valence-corrected chi connectivity index (χ2v) is 31.4. The summed E-state index contributed by atoms with van der Waals surface area (Å²) >= 11 is 20.8. The van der Waals surface area contributed by atoms with Gasteiger partial charge in [0.1, 0.15) is 34.7 Å². The molecule has 0 aromatic heterocycles. The van der Waals surface area contributed by atoms with Gasteiger partial charge in [0, 0.05) is 26.0 Å². The SMILES string of the molecule is C.C.C.C.C.C.C.C.C.CC#CCC(C)C.CC(C)Cc1cc(F)ccc1Br.CC(C)Cc1cc(F)ccc1Cl.CC(C)Cc1ccc(Cl)cc1.CC(C)Cc1cccc(Cl)c1.CC(C)Cc1ccccc1C(F)(F)F.COc1ccc(CC(C)C)cc1.COc1ccc(F)cc1CC(C)C.COc1ccccc1CC(C)C. The van der Waals surface area contributed by atoms with E-state index in [2.05, 4.69) is 181 Å². The van der Waals surface area contributed by atoms with Crippen molar-refractivity contribution in [3.05, 3.63) is 263 Å². The maximum Gasteiger partial charge on any atom is 0.416 e. The molecule has 0 aliphatic heterocycles. The molecular formula is C100H158BrCl3F6O3. The highest BCUT2D eigenvalue weighted by molar-refractivity contribution is 9.10. The third kappa shape index (κ3) is 64.5. The van der Waals surface area contributed by atoms with Crippen LogP contribution in [0.25, 0.3) is 0 Å². The van der Waals surface area contributed by atoms with Crippen LogP contribution in [-0.4, -0.2) is 21.3 Å². The Kier molecular flexibility index (Phi) is 81.3. The highest BCUT2D eigenvalue weighted by atomic mass is 79.9. The first-order chi connectivity index (χ1) is 48.8. The molecule has 0 spiro atoms. The molecule has 0 atom stereocenters. The van der Waals surface area contributed by atoms with Crippen LogP contribution in [0, 0.1) is 82.6 Å². The summed E-state index contributed by atoms with van der Waals surface area (Å²) in [6, 6.07) is 52.3. The Morgan fingerprint density at radius 3 is 1.12 bits per heavy atom. The minimum atomic E-state index is -4.23. The summed E-state index contributed by atoms with van der Waals surface area (Å²) in [5, 5.41) is 2.31. The van der Waals surface area contributed by atoms with E-state index in [1.165, 1.54) is 52.6 Å². The molecule has 0 fully saturated rings. The van der Waals surface area contributed by atoms with Gasteiger partial charge >= 0.3 is 6.18 Å². The van der Waals surface area contributed by atoms with Crippen molar-refractivity contribution in [3.63, 3.8) is 0 Å². The Balaban J connectivity index is -0.000000131. The van der Waals surface area contributed by atoms with E-state index in [0.29, 0.717) is 46.6 Å². The van der Waals surface area contributed by atoms with Crippen molar-refractivity contribution >= 4 is 50.7 Å². The van der Waals surface area contributed by atoms with E-state index in [1.54, 1.807) is 63.8 Å². The minimum Gasteiger partial charge on any atom is -0.497 e. The van der Waals surface area contributed by atoms with Gasteiger partial charge in [-0.25, -0.2) is 13.2 Å². The molecule has 13 heteroatoms. The van der Waals surface area contributed by atoms with Gasteiger partial charge in [0.15, 0.2) is 0 Å². The smallest absolute Gasteiger partial charge is 0.416 e. The first-order valence-corrected chi connectivity index (χ1v) is 38.2. The second kappa shape index (κ2) is 72.1. The fourth-order valence-corrected chi connectivity index (χ4v) is 11.1. The van der Waals surface area contributed by atoms with Crippen molar-refractivity contribution in [1.82, 2.24) is 0 Å². The topological polar surface area (TPSA) is 27.7 Å². The molecule has 0 saturated carbocycles. The predicted octanol–water partition coefficient (Wildman–Crippen LogP) is 35.0. The zero-order chi connectivity index (χ0) is 79.1. The number of hydrogen-bond acceptors (Lipinski definition) is 3. The van der Waals surface area contributed by atoms with Crippen LogP contribution in [-0.2, 0) is 57.5 Å². The summed E-state index contributed by atoms with van der Waals surface area (Å²) in [4.78, 5) is 0. The van der Waals surface area contributed by atoms with Crippen LogP contribution in [0.5, 0.6) is 17.2 Å². The first kappa shape index (κ1) is 127. The van der Waals surface area contributed by atoms with Crippen LogP contribution in [0.4, 0.5) is 26.3 Å². The fraction of sp³-hybridized carbons (Fsp3) is 0.500. The van der Waals surface area contributed by atoms with Crippen LogP contribution in [0.15, 0.2) is 180 Å². The zero-order valence-corrected chi connectivity index (χ0v) is 70.2. The van der Waals surface area contributed by atoms with Crippen molar-refractivity contribution in [2.24, 2.45) is 53.3 Å². The van der Waals surface area contributed by atoms with Crippen molar-refractivity contribution in [2.75, 3.05) is 21.3 Å². The molecule has 113 heavy (non-hydrogen) atoms. The van der Waals surface area contributed by atoms with Gasteiger partial charge in [0.25, 0.3) is 0 Å². The molecule has 0 N–H and O–H groups in total. The molecule has 8 rings (SSSR count). The summed E-state index contributed by atoms with van der Waals surface area (Å²) in [7, 11) is 5.02. The standard InChI is InChI=1S/C11H13F3.C11H15FO.2C11H16O.C10H12BrF.C10H12ClF.2C10H13Cl.C7H12.9CH4/c1-8(2)7-9-5-3-4-6-10(9)11(12,13)14;1-8(2)6-9-7-10(12)4-5-11(9)13-3;1-9(2)8-10-4-6-11(12-3)7-5-10;1-9(2)8-10-6-4-5-7-11(10)12-3;2*1-7(2)5-8-6-9(12)3-4-10(8)11;1-8(2)7-9-3-5-10(11)6-4-9;1-8(2)6-9-4-3-5-10(11)7-9;1-4-5-6-7(2)3;;;;;;;;;/h3-6,8H,7H2,1-2H3;4-5,7-8H,6H2,1-3H3;2*4-7,9H,8H2,1-3H3;2*3-4,6-7H,5H2,1-2H3;3-6,8H,7H2,1-2H3;3-5,7-8H,6H2,1-2H3;7H,6H2,1-3H3;9*1H4. The molecule has 8 aromatic rings. The predicted molar refractivity (Wildman–Crippen MR) is 501 cm³/mol. The highest BCUT2D eigenvalue weighted by Gasteiger charge is 2.32. The third-order valence-electron chi connectivity index (χ3n) is 14.5. The van der Waals surface area contributed by atoms with E-state index >= 15 is 0 Å². The third-order valence-corrected chi connectivity index (χ3v) is 16.1. The number of rotatable bonds is 20. The molecule has 0 bridgehead atoms. The van der Waals surface area contributed by atoms with Crippen molar-refractivity contribution in [3.8, 4) is 29.1 Å². The number of hydrogen-bond donors (Lipinski definition) is 0. The molecule has 646 valence electrons. The van der Waals surface area contributed by atoms with Crippen LogP contribution in [0.3, 0.4) is 0 Å². The second-order valence-electron chi connectivity index (χ2n) is 29.3. The maximum absolute atomic E-state index is 12.9.